The lowest BCUT2D eigenvalue weighted by Crippen LogP contribution is -2.41. The zero-order chi connectivity index (χ0) is 12.3. The zero-order valence-corrected chi connectivity index (χ0v) is 10.6. The number of hydrogen-bond acceptors (Lipinski definition) is 5. The molecule has 1 aromatic rings. The third-order valence-corrected chi connectivity index (χ3v) is 3.82. The van der Waals surface area contributed by atoms with Crippen LogP contribution in [0.15, 0.2) is 6.20 Å². The van der Waals surface area contributed by atoms with E-state index < -0.39 is 5.97 Å². The Bertz CT molecular complexity index is 389. The maximum absolute atomic E-state index is 10.7. The molecule has 0 unspecified atom stereocenters. The average Bonchev–Trinajstić information content (AvgIpc) is 2.79. The number of thioether (sulfide) groups is 1. The van der Waals surface area contributed by atoms with E-state index in [-0.39, 0.29) is 5.69 Å². The molecule has 0 spiro atoms. The summed E-state index contributed by atoms with van der Waals surface area (Å²) in [5.74, 6) is 1.31. The van der Waals surface area contributed by atoms with E-state index in [1.54, 1.807) is 4.68 Å². The van der Waals surface area contributed by atoms with Crippen molar-refractivity contribution in [3.63, 3.8) is 0 Å². The minimum Gasteiger partial charge on any atom is -0.476 e. The summed E-state index contributed by atoms with van der Waals surface area (Å²) in [4.78, 5) is 13.1. The molecule has 1 fully saturated rings. The maximum atomic E-state index is 10.7. The molecule has 1 aliphatic heterocycles. The normalized spacial score (nSPS) is 19.1. The monoisotopic (exact) mass is 256 g/mol. The quantitative estimate of drug-likeness (QED) is 0.841. The van der Waals surface area contributed by atoms with Crippen molar-refractivity contribution in [3.8, 4) is 0 Å². The Kier molecular flexibility index (Phi) is 4.01. The van der Waals surface area contributed by atoms with Gasteiger partial charge >= 0.3 is 5.97 Å². The first kappa shape index (κ1) is 12.4. The molecule has 1 N–H and O–H groups in total. The van der Waals surface area contributed by atoms with E-state index in [4.69, 9.17) is 5.11 Å². The highest BCUT2D eigenvalue weighted by Crippen LogP contribution is 2.12. The fraction of sp³-hybridized carbons (Fsp3) is 0.700. The Morgan fingerprint density at radius 2 is 2.29 bits per heavy atom. The molecule has 6 nitrogen and oxygen atoms in total. The van der Waals surface area contributed by atoms with Crippen LogP contribution in [0, 0.1) is 0 Å². The SMILES string of the molecule is C[C@@H](Cn1cc(C(=O)O)nn1)N1CCSCC1. The van der Waals surface area contributed by atoms with Crippen molar-refractivity contribution in [2.75, 3.05) is 24.6 Å². The number of aromatic nitrogens is 3. The zero-order valence-electron chi connectivity index (χ0n) is 9.74. The highest BCUT2D eigenvalue weighted by atomic mass is 32.2. The highest BCUT2D eigenvalue weighted by Gasteiger charge is 2.18. The topological polar surface area (TPSA) is 71.2 Å². The summed E-state index contributed by atoms with van der Waals surface area (Å²) in [6.07, 6.45) is 1.48. The molecule has 7 heteroatoms. The molecule has 0 aromatic carbocycles. The molecular weight excluding hydrogens is 240 g/mol. The van der Waals surface area contributed by atoms with Gasteiger partial charge in [-0.05, 0) is 6.92 Å². The number of aromatic carboxylic acids is 1. The maximum Gasteiger partial charge on any atom is 0.358 e. The Balaban J connectivity index is 1.92. The van der Waals surface area contributed by atoms with E-state index in [9.17, 15) is 4.79 Å². The van der Waals surface area contributed by atoms with Gasteiger partial charge in [0.15, 0.2) is 5.69 Å². The van der Waals surface area contributed by atoms with Crippen LogP contribution in [0.4, 0.5) is 0 Å². The van der Waals surface area contributed by atoms with Gasteiger partial charge in [0.05, 0.1) is 12.7 Å². The first-order valence-electron chi connectivity index (χ1n) is 5.62. The predicted octanol–water partition coefficient (Wildman–Crippen LogP) is 0.414. The molecule has 0 radical (unpaired) electrons. The molecule has 0 aliphatic carbocycles. The Hall–Kier alpha value is -1.08. The summed E-state index contributed by atoms with van der Waals surface area (Å²) in [6.45, 7) is 5.00. The molecule has 2 rings (SSSR count). The first-order chi connectivity index (χ1) is 8.16. The number of carboxylic acids is 1. The molecule has 0 saturated carbocycles. The van der Waals surface area contributed by atoms with Gasteiger partial charge in [-0.25, -0.2) is 4.79 Å². The highest BCUT2D eigenvalue weighted by molar-refractivity contribution is 7.99. The average molecular weight is 256 g/mol. The molecule has 17 heavy (non-hydrogen) atoms. The summed E-state index contributed by atoms with van der Waals surface area (Å²) in [7, 11) is 0. The van der Waals surface area contributed by atoms with Crippen LogP contribution in [0.3, 0.4) is 0 Å². The van der Waals surface area contributed by atoms with Gasteiger partial charge in [0.2, 0.25) is 0 Å². The van der Waals surface area contributed by atoms with Crippen LogP contribution in [0.1, 0.15) is 17.4 Å². The van der Waals surface area contributed by atoms with Crippen molar-refractivity contribution in [1.82, 2.24) is 19.9 Å². The minimum atomic E-state index is -1.03. The standard InChI is InChI=1S/C10H16N4O2S/c1-8(13-2-4-17-5-3-13)6-14-7-9(10(15)16)11-12-14/h7-8H,2-6H2,1H3,(H,15,16)/t8-/m0/s1. The van der Waals surface area contributed by atoms with Crippen LogP contribution in [-0.4, -0.2) is 61.6 Å². The fourth-order valence-corrected chi connectivity index (χ4v) is 2.82. The second-order valence-corrected chi connectivity index (χ2v) is 5.35. The van der Waals surface area contributed by atoms with Gasteiger partial charge in [0.1, 0.15) is 0 Å². The van der Waals surface area contributed by atoms with E-state index in [1.807, 2.05) is 11.8 Å². The van der Waals surface area contributed by atoms with E-state index in [0.717, 1.165) is 13.1 Å². The van der Waals surface area contributed by atoms with Crippen molar-refractivity contribution < 1.29 is 9.90 Å². The lowest BCUT2D eigenvalue weighted by atomic mass is 10.3. The molecule has 2 heterocycles. The number of carboxylic acid groups (broad SMARTS) is 1. The lowest BCUT2D eigenvalue weighted by molar-refractivity contribution is 0.0690. The summed E-state index contributed by atoms with van der Waals surface area (Å²) in [5.41, 5.74) is 0.00593. The fourth-order valence-electron chi connectivity index (χ4n) is 1.89. The summed E-state index contributed by atoms with van der Waals surface area (Å²) >= 11 is 1.98. The van der Waals surface area contributed by atoms with Crippen LogP contribution >= 0.6 is 11.8 Å². The lowest BCUT2D eigenvalue weighted by Gasteiger charge is -2.31. The van der Waals surface area contributed by atoms with Crippen molar-refractivity contribution in [1.29, 1.82) is 0 Å². The van der Waals surface area contributed by atoms with E-state index in [1.165, 1.54) is 17.7 Å². The van der Waals surface area contributed by atoms with Gasteiger partial charge < -0.3 is 5.11 Å². The molecule has 94 valence electrons. The van der Waals surface area contributed by atoms with Gasteiger partial charge in [-0.2, -0.15) is 11.8 Å². The van der Waals surface area contributed by atoms with Crippen LogP contribution in [0.2, 0.25) is 0 Å². The summed E-state index contributed by atoms with van der Waals surface area (Å²) < 4.78 is 1.61. The number of rotatable bonds is 4. The Labute approximate surface area is 104 Å². The van der Waals surface area contributed by atoms with Gasteiger partial charge in [0, 0.05) is 30.6 Å². The molecule has 1 aliphatic rings. The second kappa shape index (κ2) is 5.50. The smallest absolute Gasteiger partial charge is 0.358 e. The van der Waals surface area contributed by atoms with Crippen molar-refractivity contribution in [2.45, 2.75) is 19.5 Å². The van der Waals surface area contributed by atoms with E-state index in [0.29, 0.717) is 12.6 Å². The Morgan fingerprint density at radius 1 is 1.59 bits per heavy atom. The molecule has 1 aromatic heterocycles. The van der Waals surface area contributed by atoms with Crippen molar-refractivity contribution in [2.24, 2.45) is 0 Å². The second-order valence-electron chi connectivity index (χ2n) is 4.13. The molecule has 1 saturated heterocycles. The number of carbonyl (C=O) groups is 1. The predicted molar refractivity (Wildman–Crippen MR) is 65.3 cm³/mol. The summed E-state index contributed by atoms with van der Waals surface area (Å²) in [6, 6.07) is 0.360. The van der Waals surface area contributed by atoms with Crippen LogP contribution in [0.5, 0.6) is 0 Å². The third-order valence-electron chi connectivity index (χ3n) is 2.88. The summed E-state index contributed by atoms with van der Waals surface area (Å²) in [5, 5.41) is 16.2. The van der Waals surface area contributed by atoms with Gasteiger partial charge in [-0.1, -0.05) is 5.21 Å². The molecule has 0 amide bonds. The van der Waals surface area contributed by atoms with Gasteiger partial charge in [-0.3, -0.25) is 9.58 Å². The van der Waals surface area contributed by atoms with Crippen molar-refractivity contribution in [3.05, 3.63) is 11.9 Å². The van der Waals surface area contributed by atoms with E-state index >= 15 is 0 Å². The molecule has 0 bridgehead atoms. The minimum absolute atomic E-state index is 0.00593. The van der Waals surface area contributed by atoms with Gasteiger partial charge in [-0.15, -0.1) is 5.10 Å². The third kappa shape index (κ3) is 3.19. The number of hydrogen-bond donors (Lipinski definition) is 1. The largest absolute Gasteiger partial charge is 0.476 e. The Morgan fingerprint density at radius 3 is 2.88 bits per heavy atom. The van der Waals surface area contributed by atoms with Crippen LogP contribution < -0.4 is 0 Å². The molecular formula is C10H16N4O2S. The number of nitrogens with zero attached hydrogens (tertiary/aromatic N) is 4. The first-order valence-corrected chi connectivity index (χ1v) is 6.77. The molecule has 1 atom stereocenters. The van der Waals surface area contributed by atoms with Gasteiger partial charge in [0.25, 0.3) is 0 Å². The van der Waals surface area contributed by atoms with E-state index in [2.05, 4.69) is 22.1 Å². The van der Waals surface area contributed by atoms with Crippen LogP contribution in [0.25, 0.3) is 0 Å². The van der Waals surface area contributed by atoms with Crippen LogP contribution in [-0.2, 0) is 6.54 Å². The van der Waals surface area contributed by atoms with Crippen molar-refractivity contribution >= 4 is 17.7 Å².